The summed E-state index contributed by atoms with van der Waals surface area (Å²) in [5, 5.41) is 3.09. The standard InChI is InChI=1S/C14H22N2OS/c1-6-16(8-10(2)3)13(17)7-12-9-18-14(15-12)11(4)5/h9,11H,2,6-8H2,1,3-5H3. The van der Waals surface area contributed by atoms with Crippen LogP contribution in [0.2, 0.25) is 0 Å². The highest BCUT2D eigenvalue weighted by Crippen LogP contribution is 2.19. The maximum atomic E-state index is 12.1. The smallest absolute Gasteiger partial charge is 0.228 e. The molecule has 0 aromatic carbocycles. The summed E-state index contributed by atoms with van der Waals surface area (Å²) in [7, 11) is 0. The number of thiazole rings is 1. The second-order valence-electron chi connectivity index (χ2n) is 4.87. The van der Waals surface area contributed by atoms with E-state index < -0.39 is 0 Å². The highest BCUT2D eigenvalue weighted by molar-refractivity contribution is 7.09. The van der Waals surface area contributed by atoms with Gasteiger partial charge in [0.25, 0.3) is 0 Å². The first kappa shape index (κ1) is 14.9. The van der Waals surface area contributed by atoms with E-state index in [1.165, 1.54) is 0 Å². The Balaban J connectivity index is 2.64. The second kappa shape index (κ2) is 6.69. The summed E-state index contributed by atoms with van der Waals surface area (Å²) >= 11 is 1.63. The summed E-state index contributed by atoms with van der Waals surface area (Å²) in [5.74, 6) is 0.553. The molecule has 0 aliphatic carbocycles. The van der Waals surface area contributed by atoms with Crippen LogP contribution in [0.4, 0.5) is 0 Å². The molecule has 1 rings (SSSR count). The monoisotopic (exact) mass is 266 g/mol. The Morgan fingerprint density at radius 2 is 2.22 bits per heavy atom. The van der Waals surface area contributed by atoms with Crippen LogP contribution in [0.25, 0.3) is 0 Å². The summed E-state index contributed by atoms with van der Waals surface area (Å²) in [6.45, 7) is 13.4. The van der Waals surface area contributed by atoms with Crippen molar-refractivity contribution in [3.05, 3.63) is 28.2 Å². The number of likely N-dealkylation sites (N-methyl/N-ethyl adjacent to an activating group) is 1. The van der Waals surface area contributed by atoms with Gasteiger partial charge in [-0.1, -0.05) is 26.0 Å². The van der Waals surface area contributed by atoms with E-state index in [-0.39, 0.29) is 5.91 Å². The molecule has 0 aliphatic rings. The molecule has 1 aromatic heterocycles. The molecule has 1 aromatic rings. The number of nitrogens with zero attached hydrogens (tertiary/aromatic N) is 2. The molecule has 0 saturated heterocycles. The number of aromatic nitrogens is 1. The number of hydrogen-bond acceptors (Lipinski definition) is 3. The van der Waals surface area contributed by atoms with Gasteiger partial charge in [-0.25, -0.2) is 4.98 Å². The third-order valence-electron chi connectivity index (χ3n) is 2.59. The molecule has 0 bridgehead atoms. The number of rotatable bonds is 6. The van der Waals surface area contributed by atoms with Gasteiger partial charge >= 0.3 is 0 Å². The summed E-state index contributed by atoms with van der Waals surface area (Å²) in [6, 6.07) is 0. The third kappa shape index (κ3) is 4.26. The summed E-state index contributed by atoms with van der Waals surface area (Å²) in [6.07, 6.45) is 0.393. The van der Waals surface area contributed by atoms with Gasteiger partial charge in [-0.05, 0) is 13.8 Å². The third-order valence-corrected chi connectivity index (χ3v) is 3.79. The predicted molar refractivity (Wildman–Crippen MR) is 77.0 cm³/mol. The van der Waals surface area contributed by atoms with Crippen LogP contribution in [0.3, 0.4) is 0 Å². The van der Waals surface area contributed by atoms with Crippen LogP contribution in [0, 0.1) is 0 Å². The maximum absolute atomic E-state index is 12.1. The van der Waals surface area contributed by atoms with Crippen molar-refractivity contribution in [2.45, 2.75) is 40.0 Å². The van der Waals surface area contributed by atoms with Gasteiger partial charge in [0.15, 0.2) is 0 Å². The minimum atomic E-state index is 0.126. The summed E-state index contributed by atoms with van der Waals surface area (Å²) in [5.41, 5.74) is 1.89. The van der Waals surface area contributed by atoms with E-state index in [2.05, 4.69) is 25.4 Å². The molecule has 100 valence electrons. The van der Waals surface area contributed by atoms with Crippen LogP contribution in [0.5, 0.6) is 0 Å². The van der Waals surface area contributed by atoms with E-state index >= 15 is 0 Å². The average molecular weight is 266 g/mol. The van der Waals surface area contributed by atoms with Crippen molar-refractivity contribution >= 4 is 17.2 Å². The van der Waals surface area contributed by atoms with Crippen molar-refractivity contribution in [1.29, 1.82) is 0 Å². The molecule has 1 amide bonds. The fourth-order valence-corrected chi connectivity index (χ4v) is 2.47. The SMILES string of the molecule is C=C(C)CN(CC)C(=O)Cc1csc(C(C)C)n1. The molecule has 0 aliphatic heterocycles. The highest BCUT2D eigenvalue weighted by Gasteiger charge is 2.14. The molecule has 3 nitrogen and oxygen atoms in total. The zero-order valence-corrected chi connectivity index (χ0v) is 12.5. The van der Waals surface area contributed by atoms with Gasteiger partial charge in [-0.3, -0.25) is 4.79 Å². The Morgan fingerprint density at radius 3 is 2.67 bits per heavy atom. The van der Waals surface area contributed by atoms with Gasteiger partial charge in [0.2, 0.25) is 5.91 Å². The van der Waals surface area contributed by atoms with Gasteiger partial charge in [-0.15, -0.1) is 11.3 Å². The number of carbonyl (C=O) groups excluding carboxylic acids is 1. The molecule has 0 saturated carbocycles. The van der Waals surface area contributed by atoms with Crippen molar-refractivity contribution in [1.82, 2.24) is 9.88 Å². The van der Waals surface area contributed by atoms with Crippen LogP contribution >= 0.6 is 11.3 Å². The van der Waals surface area contributed by atoms with Crippen LogP contribution < -0.4 is 0 Å². The molecule has 4 heteroatoms. The lowest BCUT2D eigenvalue weighted by Gasteiger charge is -2.20. The Morgan fingerprint density at radius 1 is 1.56 bits per heavy atom. The molecule has 0 fully saturated rings. The van der Waals surface area contributed by atoms with Crippen LogP contribution in [-0.2, 0) is 11.2 Å². The Labute approximate surface area is 114 Å². The van der Waals surface area contributed by atoms with E-state index in [1.54, 1.807) is 11.3 Å². The van der Waals surface area contributed by atoms with Gasteiger partial charge in [0.05, 0.1) is 17.1 Å². The Hall–Kier alpha value is -1.16. The zero-order chi connectivity index (χ0) is 13.7. The maximum Gasteiger partial charge on any atom is 0.228 e. The summed E-state index contributed by atoms with van der Waals surface area (Å²) < 4.78 is 0. The van der Waals surface area contributed by atoms with Gasteiger partial charge < -0.3 is 4.90 Å². The van der Waals surface area contributed by atoms with E-state index in [9.17, 15) is 4.79 Å². The average Bonchev–Trinajstić information content (AvgIpc) is 2.74. The lowest BCUT2D eigenvalue weighted by atomic mass is 10.2. The number of amides is 1. The summed E-state index contributed by atoms with van der Waals surface area (Å²) in [4.78, 5) is 18.4. The molecule has 1 heterocycles. The lowest BCUT2D eigenvalue weighted by molar-refractivity contribution is -0.129. The topological polar surface area (TPSA) is 33.2 Å². The van der Waals surface area contributed by atoms with Crippen molar-refractivity contribution in [3.8, 4) is 0 Å². The van der Waals surface area contributed by atoms with Crippen LogP contribution in [-0.4, -0.2) is 28.9 Å². The molecular formula is C14H22N2OS. The molecule has 0 atom stereocenters. The minimum absolute atomic E-state index is 0.126. The predicted octanol–water partition coefficient (Wildman–Crippen LogP) is 3.23. The first-order valence-electron chi connectivity index (χ1n) is 6.30. The Kier molecular flexibility index (Phi) is 5.54. The zero-order valence-electron chi connectivity index (χ0n) is 11.7. The molecule has 0 unspecified atom stereocenters. The molecule has 18 heavy (non-hydrogen) atoms. The van der Waals surface area contributed by atoms with E-state index in [0.717, 1.165) is 16.3 Å². The van der Waals surface area contributed by atoms with E-state index in [4.69, 9.17) is 0 Å². The first-order chi connectivity index (χ1) is 8.43. The largest absolute Gasteiger partial charge is 0.339 e. The number of hydrogen-bond donors (Lipinski definition) is 0. The van der Waals surface area contributed by atoms with Crippen molar-refractivity contribution < 1.29 is 4.79 Å². The van der Waals surface area contributed by atoms with E-state index in [1.807, 2.05) is 24.1 Å². The fourth-order valence-electron chi connectivity index (χ4n) is 1.64. The molecular weight excluding hydrogens is 244 g/mol. The van der Waals surface area contributed by atoms with E-state index in [0.29, 0.717) is 25.4 Å². The van der Waals surface area contributed by atoms with Crippen LogP contribution in [0.15, 0.2) is 17.5 Å². The number of carbonyl (C=O) groups is 1. The normalized spacial score (nSPS) is 10.7. The molecule has 0 spiro atoms. The molecule has 0 radical (unpaired) electrons. The lowest BCUT2D eigenvalue weighted by Crippen LogP contribution is -2.33. The van der Waals surface area contributed by atoms with Gasteiger partial charge in [-0.2, -0.15) is 0 Å². The fraction of sp³-hybridized carbons (Fsp3) is 0.571. The quantitative estimate of drug-likeness (QED) is 0.741. The highest BCUT2D eigenvalue weighted by atomic mass is 32.1. The second-order valence-corrected chi connectivity index (χ2v) is 5.76. The van der Waals surface area contributed by atoms with Gasteiger partial charge in [0, 0.05) is 24.4 Å². The van der Waals surface area contributed by atoms with Crippen LogP contribution in [0.1, 0.15) is 44.3 Å². The Bertz CT molecular complexity index is 423. The van der Waals surface area contributed by atoms with Crippen molar-refractivity contribution in [2.75, 3.05) is 13.1 Å². The molecule has 0 N–H and O–H groups in total. The first-order valence-corrected chi connectivity index (χ1v) is 7.18. The van der Waals surface area contributed by atoms with Crippen molar-refractivity contribution in [2.24, 2.45) is 0 Å². The van der Waals surface area contributed by atoms with Gasteiger partial charge in [0.1, 0.15) is 0 Å². The van der Waals surface area contributed by atoms with Crippen molar-refractivity contribution in [3.63, 3.8) is 0 Å². The minimum Gasteiger partial charge on any atom is -0.339 e.